The Hall–Kier alpha value is -2.00. The molecule has 0 aromatic heterocycles. The quantitative estimate of drug-likeness (QED) is 0.828. The van der Waals surface area contributed by atoms with Crippen LogP contribution in [0, 0.1) is 0 Å². The smallest absolute Gasteiger partial charge is 0.124 e. The van der Waals surface area contributed by atoms with Crippen molar-refractivity contribution in [3.63, 3.8) is 0 Å². The first-order chi connectivity index (χ1) is 9.33. The summed E-state index contributed by atoms with van der Waals surface area (Å²) in [6, 6.07) is 16.6. The lowest BCUT2D eigenvalue weighted by Gasteiger charge is -2.26. The normalized spacial score (nSPS) is 17.6. The number of nitrogens with one attached hydrogen (secondary N) is 1. The van der Waals surface area contributed by atoms with E-state index in [2.05, 4.69) is 23.5 Å². The van der Waals surface area contributed by atoms with Gasteiger partial charge in [-0.15, -0.1) is 0 Å². The lowest BCUT2D eigenvalue weighted by molar-refractivity contribution is 0.252. The largest absolute Gasteiger partial charge is 0.493 e. The van der Waals surface area contributed by atoms with Crippen LogP contribution in [0.15, 0.2) is 48.5 Å². The van der Waals surface area contributed by atoms with Crippen molar-refractivity contribution >= 4 is 5.69 Å². The highest BCUT2D eigenvalue weighted by atomic mass is 16.5. The second kappa shape index (κ2) is 5.33. The summed E-state index contributed by atoms with van der Waals surface area (Å²) in [5.74, 6) is 0.999. The van der Waals surface area contributed by atoms with Gasteiger partial charge in [0.25, 0.3) is 0 Å². The SMILES string of the molecule is Nc1cccc(CNC2CCOc3ccccc32)c1. The van der Waals surface area contributed by atoms with Crippen LogP contribution in [0.4, 0.5) is 5.69 Å². The van der Waals surface area contributed by atoms with E-state index < -0.39 is 0 Å². The number of nitrogens with two attached hydrogens (primary N) is 1. The Morgan fingerprint density at radius 1 is 1.16 bits per heavy atom. The number of hydrogen-bond acceptors (Lipinski definition) is 3. The van der Waals surface area contributed by atoms with Gasteiger partial charge in [0.1, 0.15) is 5.75 Å². The summed E-state index contributed by atoms with van der Waals surface area (Å²) in [6.07, 6.45) is 0.999. The lowest BCUT2D eigenvalue weighted by atomic mass is 10.0. The van der Waals surface area contributed by atoms with Crippen molar-refractivity contribution < 1.29 is 4.74 Å². The number of ether oxygens (including phenoxy) is 1. The van der Waals surface area contributed by atoms with Crippen molar-refractivity contribution in [1.82, 2.24) is 5.32 Å². The van der Waals surface area contributed by atoms with Crippen LogP contribution in [0.1, 0.15) is 23.6 Å². The number of rotatable bonds is 3. The van der Waals surface area contributed by atoms with Gasteiger partial charge in [-0.05, 0) is 23.8 Å². The van der Waals surface area contributed by atoms with E-state index in [1.807, 2.05) is 30.3 Å². The standard InChI is InChI=1S/C16H18N2O/c17-13-5-3-4-12(10-13)11-18-15-8-9-19-16-7-2-1-6-14(15)16/h1-7,10,15,18H,8-9,11,17H2. The topological polar surface area (TPSA) is 47.3 Å². The molecule has 0 aliphatic carbocycles. The minimum absolute atomic E-state index is 0.353. The second-order valence-electron chi connectivity index (χ2n) is 4.85. The van der Waals surface area contributed by atoms with Gasteiger partial charge in [0, 0.05) is 30.3 Å². The van der Waals surface area contributed by atoms with Crippen LogP contribution in [0.25, 0.3) is 0 Å². The zero-order valence-corrected chi connectivity index (χ0v) is 10.8. The number of nitrogen functional groups attached to an aromatic ring is 1. The van der Waals surface area contributed by atoms with Gasteiger partial charge in [-0.2, -0.15) is 0 Å². The van der Waals surface area contributed by atoms with Crippen molar-refractivity contribution in [2.45, 2.75) is 19.0 Å². The zero-order chi connectivity index (χ0) is 13.1. The fourth-order valence-electron chi connectivity index (χ4n) is 2.50. The Labute approximate surface area is 113 Å². The first-order valence-corrected chi connectivity index (χ1v) is 6.62. The van der Waals surface area contributed by atoms with Gasteiger partial charge in [-0.3, -0.25) is 0 Å². The van der Waals surface area contributed by atoms with E-state index in [1.165, 1.54) is 11.1 Å². The molecule has 0 fully saturated rings. The molecule has 3 N–H and O–H groups in total. The first-order valence-electron chi connectivity index (χ1n) is 6.62. The average Bonchev–Trinajstić information content (AvgIpc) is 2.45. The highest BCUT2D eigenvalue weighted by molar-refractivity contribution is 5.41. The molecule has 0 bridgehead atoms. The van der Waals surface area contributed by atoms with Gasteiger partial charge in [0.15, 0.2) is 0 Å². The number of anilines is 1. The van der Waals surface area contributed by atoms with Crippen LogP contribution in [0.2, 0.25) is 0 Å². The summed E-state index contributed by atoms with van der Waals surface area (Å²) in [5.41, 5.74) is 9.07. The van der Waals surface area contributed by atoms with Crippen LogP contribution in [0.5, 0.6) is 5.75 Å². The van der Waals surface area contributed by atoms with Gasteiger partial charge < -0.3 is 15.8 Å². The predicted octanol–water partition coefficient (Wildman–Crippen LogP) is 2.88. The predicted molar refractivity (Wildman–Crippen MR) is 77.0 cm³/mol. The minimum Gasteiger partial charge on any atom is -0.493 e. The van der Waals surface area contributed by atoms with Crippen molar-refractivity contribution in [3.8, 4) is 5.75 Å². The van der Waals surface area contributed by atoms with Crippen LogP contribution in [0.3, 0.4) is 0 Å². The molecule has 2 aromatic carbocycles. The zero-order valence-electron chi connectivity index (χ0n) is 10.8. The maximum absolute atomic E-state index is 5.80. The molecule has 0 radical (unpaired) electrons. The summed E-state index contributed by atoms with van der Waals surface area (Å²) in [5, 5.41) is 3.59. The monoisotopic (exact) mass is 254 g/mol. The molecule has 1 unspecified atom stereocenters. The van der Waals surface area contributed by atoms with E-state index in [0.29, 0.717) is 6.04 Å². The second-order valence-corrected chi connectivity index (χ2v) is 4.85. The fraction of sp³-hybridized carbons (Fsp3) is 0.250. The van der Waals surface area contributed by atoms with Gasteiger partial charge >= 0.3 is 0 Å². The van der Waals surface area contributed by atoms with Crippen molar-refractivity contribution in [2.75, 3.05) is 12.3 Å². The molecule has 1 atom stereocenters. The lowest BCUT2D eigenvalue weighted by Crippen LogP contribution is -2.26. The summed E-state index contributed by atoms with van der Waals surface area (Å²) >= 11 is 0. The molecule has 3 nitrogen and oxygen atoms in total. The van der Waals surface area contributed by atoms with Gasteiger partial charge in [0.05, 0.1) is 6.61 Å². The molecule has 0 saturated carbocycles. The molecule has 1 heterocycles. The minimum atomic E-state index is 0.353. The van der Waals surface area contributed by atoms with Crippen molar-refractivity contribution in [3.05, 3.63) is 59.7 Å². The molecule has 1 aliphatic heterocycles. The summed E-state index contributed by atoms with van der Waals surface area (Å²) in [7, 11) is 0. The molecule has 3 rings (SSSR count). The maximum Gasteiger partial charge on any atom is 0.124 e. The molecular formula is C16H18N2O. The average molecular weight is 254 g/mol. The molecule has 0 spiro atoms. The highest BCUT2D eigenvalue weighted by Crippen LogP contribution is 2.31. The fourth-order valence-corrected chi connectivity index (χ4v) is 2.50. The Morgan fingerprint density at radius 2 is 2.05 bits per heavy atom. The highest BCUT2D eigenvalue weighted by Gasteiger charge is 2.20. The van der Waals surface area contributed by atoms with E-state index >= 15 is 0 Å². The molecule has 0 amide bonds. The molecule has 3 heteroatoms. The van der Waals surface area contributed by atoms with Crippen LogP contribution >= 0.6 is 0 Å². The maximum atomic E-state index is 5.80. The Morgan fingerprint density at radius 3 is 2.95 bits per heavy atom. The Kier molecular flexibility index (Phi) is 3.38. The van der Waals surface area contributed by atoms with E-state index in [1.54, 1.807) is 0 Å². The van der Waals surface area contributed by atoms with E-state index in [0.717, 1.165) is 31.0 Å². The van der Waals surface area contributed by atoms with Crippen molar-refractivity contribution in [1.29, 1.82) is 0 Å². The third kappa shape index (κ3) is 2.71. The summed E-state index contributed by atoms with van der Waals surface area (Å²) in [4.78, 5) is 0. The van der Waals surface area contributed by atoms with Crippen LogP contribution in [-0.2, 0) is 6.54 Å². The number of hydrogen-bond donors (Lipinski definition) is 2. The summed E-state index contributed by atoms with van der Waals surface area (Å²) < 4.78 is 5.66. The van der Waals surface area contributed by atoms with Gasteiger partial charge in [-0.25, -0.2) is 0 Å². The molecule has 19 heavy (non-hydrogen) atoms. The van der Waals surface area contributed by atoms with Crippen LogP contribution in [-0.4, -0.2) is 6.61 Å². The van der Waals surface area contributed by atoms with E-state index in [-0.39, 0.29) is 0 Å². The van der Waals surface area contributed by atoms with E-state index in [4.69, 9.17) is 10.5 Å². The third-order valence-corrected chi connectivity index (χ3v) is 3.46. The van der Waals surface area contributed by atoms with E-state index in [9.17, 15) is 0 Å². The van der Waals surface area contributed by atoms with Crippen LogP contribution < -0.4 is 15.8 Å². The number of para-hydroxylation sites is 1. The molecular weight excluding hydrogens is 236 g/mol. The Bertz CT molecular complexity index is 568. The first kappa shape index (κ1) is 12.1. The van der Waals surface area contributed by atoms with Gasteiger partial charge in [0.2, 0.25) is 0 Å². The summed E-state index contributed by atoms with van der Waals surface area (Å²) in [6.45, 7) is 1.59. The molecule has 98 valence electrons. The van der Waals surface area contributed by atoms with Crippen molar-refractivity contribution in [2.24, 2.45) is 0 Å². The molecule has 0 saturated heterocycles. The third-order valence-electron chi connectivity index (χ3n) is 3.46. The number of benzene rings is 2. The molecule has 1 aliphatic rings. The molecule has 2 aromatic rings. The van der Waals surface area contributed by atoms with Gasteiger partial charge in [-0.1, -0.05) is 30.3 Å². The number of fused-ring (bicyclic) bond motifs is 1. The Balaban J connectivity index is 1.71.